The van der Waals surface area contributed by atoms with Crippen molar-refractivity contribution in [1.29, 1.82) is 0 Å². The zero-order chi connectivity index (χ0) is 14.3. The molecule has 0 spiro atoms. The van der Waals surface area contributed by atoms with Gasteiger partial charge >= 0.3 is 6.03 Å². The van der Waals surface area contributed by atoms with E-state index in [-0.39, 0.29) is 17.8 Å². The number of nitrogens with one attached hydrogen (secondary N) is 2. The smallest absolute Gasteiger partial charge is 0.319 e. The number of benzene rings is 1. The Hall–Kier alpha value is -2.37. The molecule has 0 unspecified atom stereocenters. The summed E-state index contributed by atoms with van der Waals surface area (Å²) < 4.78 is 13.0. The maximum Gasteiger partial charge on any atom is 0.319 e. The lowest BCUT2D eigenvalue weighted by atomic mass is 9.96. The van der Waals surface area contributed by atoms with Gasteiger partial charge in [-0.1, -0.05) is 12.1 Å². The van der Waals surface area contributed by atoms with Gasteiger partial charge in [0.15, 0.2) is 0 Å². The third-order valence-electron chi connectivity index (χ3n) is 3.61. The molecular weight excluding hydrogens is 261 g/mol. The lowest BCUT2D eigenvalue weighted by molar-refractivity contribution is -0.125. The summed E-state index contributed by atoms with van der Waals surface area (Å²) in [5.74, 6) is -0.444. The van der Waals surface area contributed by atoms with Crippen molar-refractivity contribution in [2.75, 3.05) is 13.1 Å². The van der Waals surface area contributed by atoms with E-state index in [0.29, 0.717) is 29.9 Å². The van der Waals surface area contributed by atoms with Crippen molar-refractivity contribution in [3.8, 4) is 0 Å². The Balaban J connectivity index is 2.01. The van der Waals surface area contributed by atoms with Crippen LogP contribution in [0.15, 0.2) is 35.5 Å². The van der Waals surface area contributed by atoms with Gasteiger partial charge in [0.2, 0.25) is 0 Å². The summed E-state index contributed by atoms with van der Waals surface area (Å²) in [5.41, 5.74) is 1.87. The summed E-state index contributed by atoms with van der Waals surface area (Å²) in [5, 5.41) is 5.40. The second kappa shape index (κ2) is 4.63. The molecule has 20 heavy (non-hydrogen) atoms. The monoisotopic (exact) mass is 275 g/mol. The van der Waals surface area contributed by atoms with E-state index >= 15 is 0 Å². The van der Waals surface area contributed by atoms with Crippen molar-refractivity contribution < 1.29 is 14.0 Å². The van der Waals surface area contributed by atoms with Gasteiger partial charge in [-0.2, -0.15) is 0 Å². The number of likely N-dealkylation sites (N-methyl/N-ethyl adjacent to an activating group) is 1. The van der Waals surface area contributed by atoms with Gasteiger partial charge < -0.3 is 15.5 Å². The number of nitrogens with zero attached hydrogens (tertiary/aromatic N) is 1. The van der Waals surface area contributed by atoms with Gasteiger partial charge in [-0.3, -0.25) is 4.79 Å². The second-order valence-corrected chi connectivity index (χ2v) is 4.79. The molecule has 3 rings (SSSR count). The number of amides is 3. The van der Waals surface area contributed by atoms with Crippen LogP contribution in [0.3, 0.4) is 0 Å². The molecule has 0 radical (unpaired) electrons. The quantitative estimate of drug-likeness (QED) is 0.854. The molecule has 1 aromatic carbocycles. The van der Waals surface area contributed by atoms with Crippen molar-refractivity contribution in [2.24, 2.45) is 0 Å². The van der Waals surface area contributed by atoms with E-state index in [1.807, 2.05) is 6.92 Å². The van der Waals surface area contributed by atoms with Crippen LogP contribution < -0.4 is 10.6 Å². The van der Waals surface area contributed by atoms with Crippen molar-refractivity contribution in [2.45, 2.75) is 13.0 Å². The molecule has 6 heteroatoms. The molecule has 0 aliphatic carbocycles. The average Bonchev–Trinajstić information content (AvgIpc) is 2.75. The predicted molar refractivity (Wildman–Crippen MR) is 70.1 cm³/mol. The Labute approximate surface area is 115 Å². The van der Waals surface area contributed by atoms with E-state index in [2.05, 4.69) is 10.6 Å². The number of hydrogen-bond acceptors (Lipinski definition) is 2. The summed E-state index contributed by atoms with van der Waals surface area (Å²) in [6.45, 7) is 2.88. The molecule has 0 saturated heterocycles. The molecule has 104 valence electrons. The molecule has 0 saturated carbocycles. The maximum absolute atomic E-state index is 13.0. The van der Waals surface area contributed by atoms with Crippen LogP contribution in [0, 0.1) is 5.82 Å². The van der Waals surface area contributed by atoms with Crippen molar-refractivity contribution in [3.63, 3.8) is 0 Å². The molecule has 1 aromatic rings. The lowest BCUT2D eigenvalue weighted by Crippen LogP contribution is -2.44. The van der Waals surface area contributed by atoms with Crippen LogP contribution in [0.1, 0.15) is 18.5 Å². The summed E-state index contributed by atoms with van der Waals surface area (Å²) in [6.07, 6.45) is 0. The van der Waals surface area contributed by atoms with Crippen LogP contribution in [-0.4, -0.2) is 29.9 Å². The van der Waals surface area contributed by atoms with Gasteiger partial charge in [0, 0.05) is 6.54 Å². The predicted octanol–water partition coefficient (Wildman–Crippen LogP) is 1.30. The molecule has 3 amide bonds. The fourth-order valence-electron chi connectivity index (χ4n) is 2.59. The van der Waals surface area contributed by atoms with Crippen molar-refractivity contribution >= 4 is 11.9 Å². The largest absolute Gasteiger partial charge is 0.333 e. The molecule has 0 bridgehead atoms. The zero-order valence-corrected chi connectivity index (χ0v) is 10.9. The number of halogens is 1. The first-order valence-electron chi connectivity index (χ1n) is 6.45. The first kappa shape index (κ1) is 12.7. The minimum Gasteiger partial charge on any atom is -0.333 e. The molecule has 1 atom stereocenters. The maximum atomic E-state index is 13.0. The summed E-state index contributed by atoms with van der Waals surface area (Å²) in [7, 11) is 0. The van der Waals surface area contributed by atoms with Crippen LogP contribution in [0.2, 0.25) is 0 Å². The van der Waals surface area contributed by atoms with Gasteiger partial charge in [-0.25, -0.2) is 9.18 Å². The highest BCUT2D eigenvalue weighted by molar-refractivity contribution is 6.01. The van der Waals surface area contributed by atoms with Crippen molar-refractivity contribution in [1.82, 2.24) is 15.5 Å². The first-order chi connectivity index (χ1) is 9.60. The van der Waals surface area contributed by atoms with E-state index in [1.165, 1.54) is 12.1 Å². The second-order valence-electron chi connectivity index (χ2n) is 4.79. The van der Waals surface area contributed by atoms with Gasteiger partial charge in [0.25, 0.3) is 5.91 Å². The van der Waals surface area contributed by atoms with Crippen LogP contribution in [0.5, 0.6) is 0 Å². The van der Waals surface area contributed by atoms with Crippen LogP contribution in [-0.2, 0) is 4.79 Å². The molecule has 2 aliphatic rings. The van der Waals surface area contributed by atoms with Crippen LogP contribution in [0.4, 0.5) is 9.18 Å². The number of carbonyl (C=O) groups is 2. The van der Waals surface area contributed by atoms with E-state index in [9.17, 15) is 14.0 Å². The highest BCUT2D eigenvalue weighted by Crippen LogP contribution is 2.32. The summed E-state index contributed by atoms with van der Waals surface area (Å²) in [6, 6.07) is 4.94. The SMILES string of the molecule is CCN1CC2=C(C1=O)[C@H](c1ccc(F)cc1)NC(=O)N2. The molecule has 5 nitrogen and oxygen atoms in total. The average molecular weight is 275 g/mol. The fraction of sp³-hybridized carbons (Fsp3) is 0.286. The Morgan fingerprint density at radius 1 is 1.30 bits per heavy atom. The van der Waals surface area contributed by atoms with Crippen LogP contribution >= 0.6 is 0 Å². The van der Waals surface area contributed by atoms with E-state index in [0.717, 1.165) is 0 Å². The van der Waals surface area contributed by atoms with Crippen LogP contribution in [0.25, 0.3) is 0 Å². The number of rotatable bonds is 2. The van der Waals surface area contributed by atoms with E-state index < -0.39 is 6.04 Å². The third-order valence-corrected chi connectivity index (χ3v) is 3.61. The van der Waals surface area contributed by atoms with Gasteiger partial charge in [-0.05, 0) is 24.6 Å². The van der Waals surface area contributed by atoms with E-state index in [4.69, 9.17) is 0 Å². The molecule has 2 aliphatic heterocycles. The van der Waals surface area contributed by atoms with Gasteiger partial charge in [0.05, 0.1) is 23.9 Å². The Morgan fingerprint density at radius 2 is 2.00 bits per heavy atom. The summed E-state index contributed by atoms with van der Waals surface area (Å²) >= 11 is 0. The highest BCUT2D eigenvalue weighted by atomic mass is 19.1. The standard InChI is InChI=1S/C14H14FN3O2/c1-2-18-7-10-11(13(18)19)12(17-14(20)16-10)8-3-5-9(15)6-4-8/h3-6,12H,2,7H2,1H3,(H2,16,17,20)/t12-/m0/s1. The lowest BCUT2D eigenvalue weighted by Gasteiger charge is -2.25. The summed E-state index contributed by atoms with van der Waals surface area (Å²) in [4.78, 5) is 25.7. The third kappa shape index (κ3) is 1.93. The van der Waals surface area contributed by atoms with Gasteiger partial charge in [-0.15, -0.1) is 0 Å². The molecule has 0 fully saturated rings. The number of urea groups is 1. The molecule has 2 heterocycles. The number of hydrogen-bond donors (Lipinski definition) is 2. The fourth-order valence-corrected chi connectivity index (χ4v) is 2.59. The topological polar surface area (TPSA) is 61.4 Å². The Morgan fingerprint density at radius 3 is 2.65 bits per heavy atom. The number of carbonyl (C=O) groups excluding carboxylic acids is 2. The zero-order valence-electron chi connectivity index (χ0n) is 10.9. The molecular formula is C14H14FN3O2. The first-order valence-corrected chi connectivity index (χ1v) is 6.45. The van der Waals surface area contributed by atoms with E-state index in [1.54, 1.807) is 17.0 Å². The molecule has 2 N–H and O–H groups in total. The van der Waals surface area contributed by atoms with Crippen molar-refractivity contribution in [3.05, 3.63) is 46.9 Å². The minimum atomic E-state index is -0.525. The highest BCUT2D eigenvalue weighted by Gasteiger charge is 2.39. The Bertz CT molecular complexity index is 609. The molecule has 0 aromatic heterocycles. The van der Waals surface area contributed by atoms with Gasteiger partial charge in [0.1, 0.15) is 5.82 Å². The Kier molecular flexibility index (Phi) is 2.93. The minimum absolute atomic E-state index is 0.0932. The normalized spacial score (nSPS) is 21.7.